The van der Waals surface area contributed by atoms with Crippen LogP contribution in [0.3, 0.4) is 0 Å². The molecule has 1 heterocycles. The van der Waals surface area contributed by atoms with Gasteiger partial charge in [-0.15, -0.1) is 0 Å². The summed E-state index contributed by atoms with van der Waals surface area (Å²) in [6.45, 7) is 3.06. The molecule has 2 unspecified atom stereocenters. The van der Waals surface area contributed by atoms with Crippen LogP contribution in [0.2, 0.25) is 0 Å². The van der Waals surface area contributed by atoms with E-state index >= 15 is 0 Å². The van der Waals surface area contributed by atoms with Gasteiger partial charge in [0.05, 0.1) is 17.6 Å². The second-order valence-electron chi connectivity index (χ2n) is 3.53. The van der Waals surface area contributed by atoms with Crippen LogP contribution in [-0.4, -0.2) is 38.7 Å². The molecule has 0 saturated carbocycles. The topological polar surface area (TPSA) is 95.3 Å². The molecule has 0 aliphatic rings. The first-order valence-electron chi connectivity index (χ1n) is 4.90. The second-order valence-corrected chi connectivity index (χ2v) is 3.53. The lowest BCUT2D eigenvalue weighted by molar-refractivity contribution is -0.119. The van der Waals surface area contributed by atoms with Crippen molar-refractivity contribution in [3.05, 3.63) is 23.8 Å². The zero-order valence-corrected chi connectivity index (χ0v) is 9.21. The molecule has 6 nitrogen and oxygen atoms in total. The number of aromatic nitrogens is 2. The van der Waals surface area contributed by atoms with Crippen molar-refractivity contribution in [1.29, 1.82) is 0 Å². The standard InChI is InChI=1S/C10H15N3O3/c1-6-3-11-4-8(13-6)10(16)9(15)5-12-7(2)14/h3-4,9-10,15-16H,5H2,1-2H3,(H,12,14). The Balaban J connectivity index is 2.62. The Morgan fingerprint density at radius 3 is 2.75 bits per heavy atom. The van der Waals surface area contributed by atoms with E-state index < -0.39 is 12.2 Å². The van der Waals surface area contributed by atoms with E-state index in [2.05, 4.69) is 15.3 Å². The van der Waals surface area contributed by atoms with E-state index in [1.54, 1.807) is 13.1 Å². The van der Waals surface area contributed by atoms with Crippen molar-refractivity contribution in [2.75, 3.05) is 6.54 Å². The van der Waals surface area contributed by atoms with Gasteiger partial charge in [0.25, 0.3) is 0 Å². The molecule has 3 N–H and O–H groups in total. The number of hydrogen-bond donors (Lipinski definition) is 3. The maximum absolute atomic E-state index is 10.6. The second kappa shape index (κ2) is 5.53. The zero-order chi connectivity index (χ0) is 12.1. The van der Waals surface area contributed by atoms with Gasteiger partial charge in [-0.3, -0.25) is 14.8 Å². The number of hydrogen-bond acceptors (Lipinski definition) is 5. The van der Waals surface area contributed by atoms with Gasteiger partial charge in [-0.2, -0.15) is 0 Å². The summed E-state index contributed by atoms with van der Waals surface area (Å²) >= 11 is 0. The van der Waals surface area contributed by atoms with Crippen LogP contribution in [0.5, 0.6) is 0 Å². The van der Waals surface area contributed by atoms with Crippen LogP contribution >= 0.6 is 0 Å². The van der Waals surface area contributed by atoms with E-state index in [0.717, 1.165) is 0 Å². The molecule has 2 atom stereocenters. The molecule has 1 aromatic heterocycles. The zero-order valence-electron chi connectivity index (χ0n) is 9.21. The van der Waals surface area contributed by atoms with Gasteiger partial charge < -0.3 is 15.5 Å². The normalized spacial score (nSPS) is 14.2. The van der Waals surface area contributed by atoms with E-state index in [0.29, 0.717) is 5.69 Å². The minimum atomic E-state index is -1.15. The van der Waals surface area contributed by atoms with Crippen LogP contribution in [0.4, 0.5) is 0 Å². The molecule has 6 heteroatoms. The van der Waals surface area contributed by atoms with Crippen molar-refractivity contribution < 1.29 is 15.0 Å². The van der Waals surface area contributed by atoms with E-state index in [1.165, 1.54) is 13.1 Å². The number of carbonyl (C=O) groups is 1. The van der Waals surface area contributed by atoms with Gasteiger partial charge >= 0.3 is 0 Å². The molecule has 1 amide bonds. The fourth-order valence-corrected chi connectivity index (χ4v) is 1.18. The van der Waals surface area contributed by atoms with E-state index in [9.17, 15) is 15.0 Å². The summed E-state index contributed by atoms with van der Waals surface area (Å²) in [5, 5.41) is 21.7. The number of aliphatic hydroxyl groups excluding tert-OH is 2. The average Bonchev–Trinajstić information content (AvgIpc) is 2.24. The van der Waals surface area contributed by atoms with E-state index in [-0.39, 0.29) is 18.1 Å². The van der Waals surface area contributed by atoms with Crippen molar-refractivity contribution in [2.45, 2.75) is 26.1 Å². The molecule has 0 aromatic carbocycles. The number of nitrogens with zero attached hydrogens (tertiary/aromatic N) is 2. The molecule has 1 rings (SSSR count). The molecule has 0 fully saturated rings. The lowest BCUT2D eigenvalue weighted by Gasteiger charge is -2.17. The van der Waals surface area contributed by atoms with Crippen LogP contribution < -0.4 is 5.32 Å². The van der Waals surface area contributed by atoms with Gasteiger partial charge in [0.15, 0.2) is 0 Å². The third-order valence-corrected chi connectivity index (χ3v) is 2.00. The quantitative estimate of drug-likeness (QED) is 0.630. The maximum Gasteiger partial charge on any atom is 0.216 e. The Bertz CT molecular complexity index is 370. The fraction of sp³-hybridized carbons (Fsp3) is 0.500. The van der Waals surface area contributed by atoms with Gasteiger partial charge in [-0.1, -0.05) is 0 Å². The van der Waals surface area contributed by atoms with Crippen LogP contribution in [0.25, 0.3) is 0 Å². The summed E-state index contributed by atoms with van der Waals surface area (Å²) in [7, 11) is 0. The molecular weight excluding hydrogens is 210 g/mol. The average molecular weight is 225 g/mol. The summed E-state index contributed by atoms with van der Waals surface area (Å²) in [6, 6.07) is 0. The predicted octanol–water partition coefficient (Wildman–Crippen LogP) is -0.685. The molecular formula is C10H15N3O3. The number of aliphatic hydroxyl groups is 2. The molecule has 0 aliphatic carbocycles. The van der Waals surface area contributed by atoms with E-state index in [1.807, 2.05) is 0 Å². The number of aryl methyl sites for hydroxylation is 1. The molecule has 1 aromatic rings. The first-order valence-corrected chi connectivity index (χ1v) is 4.90. The summed E-state index contributed by atoms with van der Waals surface area (Å²) < 4.78 is 0. The molecule has 0 bridgehead atoms. The predicted molar refractivity (Wildman–Crippen MR) is 56.4 cm³/mol. The highest BCUT2D eigenvalue weighted by atomic mass is 16.3. The van der Waals surface area contributed by atoms with E-state index in [4.69, 9.17) is 0 Å². The largest absolute Gasteiger partial charge is 0.388 e. The minimum absolute atomic E-state index is 0.0217. The highest BCUT2D eigenvalue weighted by molar-refractivity contribution is 5.72. The molecule has 16 heavy (non-hydrogen) atoms. The number of rotatable bonds is 4. The SMILES string of the molecule is CC(=O)NCC(O)C(O)c1cncc(C)n1. The molecule has 88 valence electrons. The van der Waals surface area contributed by atoms with Crippen LogP contribution in [0, 0.1) is 6.92 Å². The Labute approximate surface area is 93.4 Å². The molecule has 0 aliphatic heterocycles. The van der Waals surface area contributed by atoms with Crippen molar-refractivity contribution in [2.24, 2.45) is 0 Å². The van der Waals surface area contributed by atoms with Gasteiger partial charge in [-0.25, -0.2) is 0 Å². The lowest BCUT2D eigenvalue weighted by atomic mass is 10.1. The number of amides is 1. The van der Waals surface area contributed by atoms with Gasteiger partial charge in [0, 0.05) is 19.7 Å². The third-order valence-electron chi connectivity index (χ3n) is 2.00. The third kappa shape index (κ3) is 3.56. The van der Waals surface area contributed by atoms with Crippen molar-refractivity contribution in [3.8, 4) is 0 Å². The summed E-state index contributed by atoms with van der Waals surface area (Å²) in [5.74, 6) is -0.262. The highest BCUT2D eigenvalue weighted by Gasteiger charge is 2.20. The van der Waals surface area contributed by atoms with Crippen molar-refractivity contribution in [3.63, 3.8) is 0 Å². The minimum Gasteiger partial charge on any atom is -0.388 e. The van der Waals surface area contributed by atoms with Crippen molar-refractivity contribution in [1.82, 2.24) is 15.3 Å². The molecule has 0 saturated heterocycles. The Morgan fingerprint density at radius 1 is 1.50 bits per heavy atom. The monoisotopic (exact) mass is 225 g/mol. The van der Waals surface area contributed by atoms with Gasteiger partial charge in [-0.05, 0) is 6.92 Å². The first-order chi connectivity index (χ1) is 7.50. The highest BCUT2D eigenvalue weighted by Crippen LogP contribution is 2.13. The van der Waals surface area contributed by atoms with Crippen LogP contribution in [-0.2, 0) is 4.79 Å². The molecule has 0 spiro atoms. The number of carbonyl (C=O) groups excluding carboxylic acids is 1. The van der Waals surface area contributed by atoms with Crippen LogP contribution in [0.15, 0.2) is 12.4 Å². The van der Waals surface area contributed by atoms with Crippen LogP contribution in [0.1, 0.15) is 24.4 Å². The van der Waals surface area contributed by atoms with Crippen molar-refractivity contribution >= 4 is 5.91 Å². The molecule has 0 radical (unpaired) electrons. The fourth-order valence-electron chi connectivity index (χ4n) is 1.18. The lowest BCUT2D eigenvalue weighted by Crippen LogP contribution is -2.34. The van der Waals surface area contributed by atoms with Gasteiger partial charge in [0.2, 0.25) is 5.91 Å². The smallest absolute Gasteiger partial charge is 0.216 e. The summed E-state index contributed by atoms with van der Waals surface area (Å²) in [6.07, 6.45) is 0.685. The van der Waals surface area contributed by atoms with Gasteiger partial charge in [0.1, 0.15) is 12.2 Å². The number of nitrogens with one attached hydrogen (secondary N) is 1. The Morgan fingerprint density at radius 2 is 2.19 bits per heavy atom. The maximum atomic E-state index is 10.6. The summed E-state index contributed by atoms with van der Waals surface area (Å²) in [5.41, 5.74) is 0.945. The Kier molecular flexibility index (Phi) is 4.33. The first kappa shape index (κ1) is 12.5. The summed E-state index contributed by atoms with van der Waals surface area (Å²) in [4.78, 5) is 18.5. The Hall–Kier alpha value is -1.53.